The van der Waals surface area contributed by atoms with Gasteiger partial charge >= 0.3 is 0 Å². The Balaban J connectivity index is 1.43. The van der Waals surface area contributed by atoms with Crippen LogP contribution in [0.4, 0.5) is 5.69 Å². The Morgan fingerprint density at radius 1 is 0.929 bits per heavy atom. The molecular weight excluding hydrogens is 348 g/mol. The summed E-state index contributed by atoms with van der Waals surface area (Å²) >= 11 is 0. The quantitative estimate of drug-likeness (QED) is 0.592. The van der Waals surface area contributed by atoms with Crippen LogP contribution in [0.3, 0.4) is 0 Å². The van der Waals surface area contributed by atoms with Gasteiger partial charge in [-0.1, -0.05) is 60.2 Å². The minimum atomic E-state index is -0.175. The summed E-state index contributed by atoms with van der Waals surface area (Å²) < 4.78 is 5.58. The van der Waals surface area contributed by atoms with E-state index in [0.29, 0.717) is 5.75 Å². The maximum Gasteiger partial charge on any atom is 0.262 e. The minimum absolute atomic E-state index is 0.0173. The zero-order valence-electron chi connectivity index (χ0n) is 16.3. The molecule has 0 aromatic heterocycles. The van der Waals surface area contributed by atoms with Gasteiger partial charge in [-0.2, -0.15) is 0 Å². The van der Waals surface area contributed by atoms with Crippen molar-refractivity contribution in [3.63, 3.8) is 0 Å². The SMILES string of the molecule is Cc1ccc(NC(=O)COc2ccc(CNC(C)c3ccccc3)cc2)cc1. The van der Waals surface area contributed by atoms with Crippen LogP contribution in [0, 0.1) is 6.92 Å². The Morgan fingerprint density at radius 3 is 2.29 bits per heavy atom. The number of hydrogen-bond acceptors (Lipinski definition) is 3. The Hall–Kier alpha value is -3.11. The lowest BCUT2D eigenvalue weighted by molar-refractivity contribution is -0.118. The maximum atomic E-state index is 12.0. The predicted molar refractivity (Wildman–Crippen MR) is 113 cm³/mol. The van der Waals surface area contributed by atoms with Gasteiger partial charge in [-0.15, -0.1) is 0 Å². The Labute approximate surface area is 166 Å². The molecule has 4 heteroatoms. The third kappa shape index (κ3) is 5.96. The lowest BCUT2D eigenvalue weighted by Crippen LogP contribution is -2.20. The zero-order valence-corrected chi connectivity index (χ0v) is 16.3. The van der Waals surface area contributed by atoms with Gasteiger partial charge in [0.25, 0.3) is 5.91 Å². The van der Waals surface area contributed by atoms with E-state index in [1.165, 1.54) is 11.1 Å². The minimum Gasteiger partial charge on any atom is -0.484 e. The number of amides is 1. The molecule has 0 saturated heterocycles. The molecule has 144 valence electrons. The molecule has 0 spiro atoms. The van der Waals surface area contributed by atoms with Gasteiger partial charge in [0.2, 0.25) is 0 Å². The fourth-order valence-corrected chi connectivity index (χ4v) is 2.82. The number of nitrogens with one attached hydrogen (secondary N) is 2. The van der Waals surface area contributed by atoms with E-state index < -0.39 is 0 Å². The summed E-state index contributed by atoms with van der Waals surface area (Å²) in [6.07, 6.45) is 0. The van der Waals surface area contributed by atoms with E-state index in [9.17, 15) is 4.79 Å². The van der Waals surface area contributed by atoms with Crippen molar-refractivity contribution < 1.29 is 9.53 Å². The van der Waals surface area contributed by atoms with Crippen LogP contribution >= 0.6 is 0 Å². The number of ether oxygens (including phenoxy) is 1. The van der Waals surface area contributed by atoms with E-state index in [4.69, 9.17) is 4.74 Å². The van der Waals surface area contributed by atoms with Crippen LogP contribution in [0.5, 0.6) is 5.75 Å². The smallest absolute Gasteiger partial charge is 0.262 e. The van der Waals surface area contributed by atoms with Crippen LogP contribution in [0.15, 0.2) is 78.9 Å². The molecule has 0 aliphatic rings. The molecular formula is C24H26N2O2. The average molecular weight is 374 g/mol. The molecule has 0 saturated carbocycles. The van der Waals surface area contributed by atoms with Crippen molar-refractivity contribution in [1.82, 2.24) is 5.32 Å². The molecule has 1 atom stereocenters. The topological polar surface area (TPSA) is 50.4 Å². The summed E-state index contributed by atoms with van der Waals surface area (Å²) in [5, 5.41) is 6.34. The van der Waals surface area contributed by atoms with Crippen LogP contribution in [-0.4, -0.2) is 12.5 Å². The van der Waals surface area contributed by atoms with Gasteiger partial charge in [-0.3, -0.25) is 4.79 Å². The molecule has 1 unspecified atom stereocenters. The molecule has 4 nitrogen and oxygen atoms in total. The van der Waals surface area contributed by atoms with Gasteiger partial charge in [0.05, 0.1) is 0 Å². The normalized spacial score (nSPS) is 11.6. The first-order chi connectivity index (χ1) is 13.6. The monoisotopic (exact) mass is 374 g/mol. The van der Waals surface area contributed by atoms with E-state index in [2.05, 4.69) is 41.8 Å². The maximum absolute atomic E-state index is 12.0. The third-order valence-electron chi connectivity index (χ3n) is 4.54. The van der Waals surface area contributed by atoms with Gasteiger partial charge in [0, 0.05) is 18.3 Å². The number of carbonyl (C=O) groups excluding carboxylic acids is 1. The van der Waals surface area contributed by atoms with Gasteiger partial charge in [-0.25, -0.2) is 0 Å². The van der Waals surface area contributed by atoms with Crippen LogP contribution in [0.2, 0.25) is 0 Å². The summed E-state index contributed by atoms with van der Waals surface area (Å²) in [5.74, 6) is 0.505. The third-order valence-corrected chi connectivity index (χ3v) is 4.54. The number of benzene rings is 3. The summed E-state index contributed by atoms with van der Waals surface area (Å²) in [4.78, 5) is 12.0. The van der Waals surface area contributed by atoms with Gasteiger partial charge in [0.15, 0.2) is 6.61 Å². The highest BCUT2D eigenvalue weighted by Gasteiger charge is 2.06. The number of rotatable bonds is 8. The van der Waals surface area contributed by atoms with Crippen LogP contribution in [0.25, 0.3) is 0 Å². The fraction of sp³-hybridized carbons (Fsp3) is 0.208. The summed E-state index contributed by atoms with van der Waals surface area (Å²) in [5.41, 5.74) is 4.36. The molecule has 3 aromatic carbocycles. The molecule has 0 fully saturated rings. The number of hydrogen-bond donors (Lipinski definition) is 2. The average Bonchev–Trinajstić information content (AvgIpc) is 2.73. The highest BCUT2D eigenvalue weighted by molar-refractivity contribution is 5.91. The van der Waals surface area contributed by atoms with E-state index in [1.54, 1.807) is 0 Å². The van der Waals surface area contributed by atoms with Crippen LogP contribution < -0.4 is 15.4 Å². The highest BCUT2D eigenvalue weighted by atomic mass is 16.5. The summed E-state index contributed by atoms with van der Waals surface area (Å²) in [7, 11) is 0. The second-order valence-electron chi connectivity index (χ2n) is 6.86. The van der Waals surface area contributed by atoms with Crippen LogP contribution in [-0.2, 0) is 11.3 Å². The van der Waals surface area contributed by atoms with Gasteiger partial charge < -0.3 is 15.4 Å². The lowest BCUT2D eigenvalue weighted by atomic mass is 10.1. The molecule has 1 amide bonds. The van der Waals surface area contributed by atoms with Gasteiger partial charge in [-0.05, 0) is 49.2 Å². The first kappa shape index (κ1) is 19.6. The molecule has 28 heavy (non-hydrogen) atoms. The second kappa shape index (κ2) is 9.72. The zero-order chi connectivity index (χ0) is 19.8. The predicted octanol–water partition coefficient (Wildman–Crippen LogP) is 4.86. The Morgan fingerprint density at radius 2 is 1.61 bits per heavy atom. The molecule has 3 aromatic rings. The van der Waals surface area contributed by atoms with Crippen molar-refractivity contribution in [2.45, 2.75) is 26.4 Å². The van der Waals surface area contributed by atoms with Crippen molar-refractivity contribution in [2.24, 2.45) is 0 Å². The Kier molecular flexibility index (Phi) is 6.82. The van der Waals surface area contributed by atoms with Crippen LogP contribution in [0.1, 0.15) is 29.7 Å². The largest absolute Gasteiger partial charge is 0.484 e. The molecule has 0 aliphatic heterocycles. The fourth-order valence-electron chi connectivity index (χ4n) is 2.82. The highest BCUT2D eigenvalue weighted by Crippen LogP contribution is 2.15. The van der Waals surface area contributed by atoms with Crippen molar-refractivity contribution in [3.8, 4) is 5.75 Å². The first-order valence-electron chi connectivity index (χ1n) is 9.47. The van der Waals surface area contributed by atoms with Crippen molar-refractivity contribution >= 4 is 11.6 Å². The second-order valence-corrected chi connectivity index (χ2v) is 6.86. The van der Waals surface area contributed by atoms with Crippen molar-refractivity contribution in [3.05, 3.63) is 95.6 Å². The lowest BCUT2D eigenvalue weighted by Gasteiger charge is -2.14. The Bertz CT molecular complexity index is 875. The van der Waals surface area contributed by atoms with Crippen molar-refractivity contribution in [1.29, 1.82) is 0 Å². The summed E-state index contributed by atoms with van der Waals surface area (Å²) in [6.45, 7) is 4.91. The standard InChI is InChI=1S/C24H26N2O2/c1-18-8-12-22(13-9-18)26-24(27)17-28-23-14-10-20(11-15-23)16-25-19(2)21-6-4-3-5-7-21/h3-15,19,25H,16-17H2,1-2H3,(H,26,27). The molecule has 2 N–H and O–H groups in total. The van der Waals surface area contributed by atoms with E-state index in [-0.39, 0.29) is 18.6 Å². The number of anilines is 1. The van der Waals surface area contributed by atoms with Crippen molar-refractivity contribution in [2.75, 3.05) is 11.9 Å². The molecule has 0 aliphatic carbocycles. The molecule has 3 rings (SSSR count). The number of aryl methyl sites for hydroxylation is 1. The van der Waals surface area contributed by atoms with E-state index in [0.717, 1.165) is 17.8 Å². The van der Waals surface area contributed by atoms with E-state index >= 15 is 0 Å². The van der Waals surface area contributed by atoms with Gasteiger partial charge in [0.1, 0.15) is 5.75 Å². The molecule has 0 heterocycles. The number of carbonyl (C=O) groups is 1. The first-order valence-corrected chi connectivity index (χ1v) is 9.47. The molecule has 0 radical (unpaired) electrons. The summed E-state index contributed by atoms with van der Waals surface area (Å²) in [6, 6.07) is 26.1. The molecule has 0 bridgehead atoms. The van der Waals surface area contributed by atoms with E-state index in [1.807, 2.05) is 61.5 Å².